The highest BCUT2D eigenvalue weighted by atomic mass is 16.3. The maximum absolute atomic E-state index is 11.8. The first-order valence-corrected chi connectivity index (χ1v) is 6.55. The Morgan fingerprint density at radius 2 is 2.00 bits per heavy atom. The molecule has 1 fully saturated rings. The van der Waals surface area contributed by atoms with Gasteiger partial charge < -0.3 is 10.4 Å². The van der Waals surface area contributed by atoms with E-state index in [-0.39, 0.29) is 17.9 Å². The molecule has 1 rings (SSSR count). The lowest BCUT2D eigenvalue weighted by Gasteiger charge is -2.25. The Morgan fingerprint density at radius 1 is 1.38 bits per heavy atom. The Hall–Kier alpha value is -0.570. The summed E-state index contributed by atoms with van der Waals surface area (Å²) in [5.41, 5.74) is 0. The van der Waals surface area contributed by atoms with Gasteiger partial charge in [0, 0.05) is 12.5 Å². The van der Waals surface area contributed by atoms with Crippen LogP contribution in [-0.4, -0.2) is 23.7 Å². The summed E-state index contributed by atoms with van der Waals surface area (Å²) in [5, 5.41) is 12.1. The van der Waals surface area contributed by atoms with Gasteiger partial charge in [-0.15, -0.1) is 0 Å². The van der Waals surface area contributed by atoms with Crippen LogP contribution < -0.4 is 5.32 Å². The maximum Gasteiger partial charge on any atom is 0.223 e. The van der Waals surface area contributed by atoms with Gasteiger partial charge in [-0.1, -0.05) is 6.92 Å². The molecule has 2 N–H and O–H groups in total. The molecular weight excluding hydrogens is 202 g/mol. The molecule has 3 heteroatoms. The number of carbonyl (C=O) groups excluding carboxylic acids is 1. The zero-order valence-corrected chi connectivity index (χ0v) is 10.5. The van der Waals surface area contributed by atoms with Crippen LogP contribution in [-0.2, 0) is 4.79 Å². The Labute approximate surface area is 98.6 Å². The van der Waals surface area contributed by atoms with Gasteiger partial charge in [-0.3, -0.25) is 4.79 Å². The lowest BCUT2D eigenvalue weighted by molar-refractivity contribution is -0.126. The van der Waals surface area contributed by atoms with Crippen molar-refractivity contribution in [3.63, 3.8) is 0 Å². The van der Waals surface area contributed by atoms with Crippen LogP contribution in [0.2, 0.25) is 0 Å². The van der Waals surface area contributed by atoms with E-state index in [0.717, 1.165) is 31.6 Å². The Morgan fingerprint density at radius 3 is 2.56 bits per heavy atom. The van der Waals surface area contributed by atoms with Crippen molar-refractivity contribution in [2.75, 3.05) is 6.54 Å². The van der Waals surface area contributed by atoms with Gasteiger partial charge in [0.25, 0.3) is 0 Å². The quantitative estimate of drug-likeness (QED) is 0.707. The van der Waals surface area contributed by atoms with Gasteiger partial charge in [0.05, 0.1) is 6.10 Å². The van der Waals surface area contributed by atoms with E-state index in [0.29, 0.717) is 6.54 Å². The second-order valence-electron chi connectivity index (χ2n) is 5.24. The molecule has 0 aromatic heterocycles. The molecule has 1 unspecified atom stereocenters. The van der Waals surface area contributed by atoms with Crippen molar-refractivity contribution in [2.24, 2.45) is 11.8 Å². The third-order valence-corrected chi connectivity index (χ3v) is 3.48. The van der Waals surface area contributed by atoms with Crippen molar-refractivity contribution in [1.29, 1.82) is 0 Å². The zero-order chi connectivity index (χ0) is 12.0. The van der Waals surface area contributed by atoms with Crippen LogP contribution in [0.15, 0.2) is 0 Å². The van der Waals surface area contributed by atoms with Crippen LogP contribution in [0.25, 0.3) is 0 Å². The molecular formula is C13H25NO2. The number of aliphatic hydroxyl groups excluding tert-OH is 1. The standard InChI is InChI=1S/C13H25NO2/c1-10-5-7-12(8-6-10)13(16)14-9-3-4-11(2)15/h10-12,15H,3-9H2,1-2H3,(H,14,16). The molecule has 0 radical (unpaired) electrons. The minimum absolute atomic E-state index is 0.220. The van der Waals surface area contributed by atoms with Crippen LogP contribution >= 0.6 is 0 Å². The lowest BCUT2D eigenvalue weighted by Crippen LogP contribution is -2.33. The van der Waals surface area contributed by atoms with E-state index in [1.807, 2.05) is 0 Å². The van der Waals surface area contributed by atoms with Crippen LogP contribution in [0, 0.1) is 11.8 Å². The molecule has 16 heavy (non-hydrogen) atoms. The molecule has 3 nitrogen and oxygen atoms in total. The van der Waals surface area contributed by atoms with Crippen LogP contribution in [0.1, 0.15) is 52.4 Å². The predicted octanol–water partition coefficient (Wildman–Crippen LogP) is 2.09. The highest BCUT2D eigenvalue weighted by Gasteiger charge is 2.23. The molecule has 1 saturated carbocycles. The predicted molar refractivity (Wildman–Crippen MR) is 65.0 cm³/mol. The van der Waals surface area contributed by atoms with E-state index in [4.69, 9.17) is 5.11 Å². The van der Waals surface area contributed by atoms with Gasteiger partial charge in [-0.2, -0.15) is 0 Å². The average Bonchev–Trinajstić information content (AvgIpc) is 2.25. The Balaban J connectivity index is 2.10. The van der Waals surface area contributed by atoms with E-state index in [1.165, 1.54) is 12.8 Å². The number of rotatable bonds is 5. The van der Waals surface area contributed by atoms with Crippen LogP contribution in [0.4, 0.5) is 0 Å². The van der Waals surface area contributed by atoms with E-state index in [2.05, 4.69) is 12.2 Å². The van der Waals surface area contributed by atoms with E-state index < -0.39 is 0 Å². The molecule has 1 atom stereocenters. The molecule has 1 aliphatic carbocycles. The first-order chi connectivity index (χ1) is 7.59. The summed E-state index contributed by atoms with van der Waals surface area (Å²) in [6.07, 6.45) is 5.84. The number of hydrogen-bond donors (Lipinski definition) is 2. The number of carbonyl (C=O) groups is 1. The van der Waals surface area contributed by atoms with Crippen LogP contribution in [0.3, 0.4) is 0 Å². The summed E-state index contributed by atoms with van der Waals surface area (Å²) in [5.74, 6) is 1.25. The number of amides is 1. The first kappa shape index (κ1) is 13.5. The van der Waals surface area contributed by atoms with Crippen molar-refractivity contribution in [3.8, 4) is 0 Å². The number of aliphatic hydroxyl groups is 1. The molecule has 1 aliphatic rings. The van der Waals surface area contributed by atoms with Crippen molar-refractivity contribution < 1.29 is 9.90 Å². The molecule has 0 aliphatic heterocycles. The Bertz CT molecular complexity index is 208. The highest BCUT2D eigenvalue weighted by Crippen LogP contribution is 2.28. The number of nitrogens with one attached hydrogen (secondary N) is 1. The van der Waals surface area contributed by atoms with E-state index >= 15 is 0 Å². The summed E-state index contributed by atoms with van der Waals surface area (Å²) in [6.45, 7) is 4.75. The van der Waals surface area contributed by atoms with Gasteiger partial charge in [0.15, 0.2) is 0 Å². The highest BCUT2D eigenvalue weighted by molar-refractivity contribution is 5.78. The topological polar surface area (TPSA) is 49.3 Å². The maximum atomic E-state index is 11.8. The summed E-state index contributed by atoms with van der Waals surface area (Å²) >= 11 is 0. The molecule has 0 aromatic carbocycles. The van der Waals surface area contributed by atoms with Gasteiger partial charge >= 0.3 is 0 Å². The molecule has 0 heterocycles. The molecule has 94 valence electrons. The van der Waals surface area contributed by atoms with E-state index in [9.17, 15) is 4.79 Å². The lowest BCUT2D eigenvalue weighted by atomic mass is 9.82. The third kappa shape index (κ3) is 4.97. The monoisotopic (exact) mass is 227 g/mol. The van der Waals surface area contributed by atoms with Gasteiger partial charge in [0.1, 0.15) is 0 Å². The fourth-order valence-electron chi connectivity index (χ4n) is 2.28. The van der Waals surface area contributed by atoms with Crippen molar-refractivity contribution in [3.05, 3.63) is 0 Å². The van der Waals surface area contributed by atoms with E-state index in [1.54, 1.807) is 6.92 Å². The van der Waals surface area contributed by atoms with Crippen molar-refractivity contribution in [2.45, 2.75) is 58.5 Å². The summed E-state index contributed by atoms with van der Waals surface area (Å²) in [6, 6.07) is 0. The van der Waals surface area contributed by atoms with Gasteiger partial charge in [-0.05, 0) is 51.4 Å². The second-order valence-corrected chi connectivity index (χ2v) is 5.24. The second kappa shape index (κ2) is 6.89. The first-order valence-electron chi connectivity index (χ1n) is 6.55. The molecule has 0 spiro atoms. The third-order valence-electron chi connectivity index (χ3n) is 3.48. The summed E-state index contributed by atoms with van der Waals surface area (Å²) < 4.78 is 0. The van der Waals surface area contributed by atoms with Crippen LogP contribution in [0.5, 0.6) is 0 Å². The minimum atomic E-state index is -0.257. The fraction of sp³-hybridized carbons (Fsp3) is 0.923. The van der Waals surface area contributed by atoms with Crippen molar-refractivity contribution >= 4 is 5.91 Å². The zero-order valence-electron chi connectivity index (χ0n) is 10.5. The summed E-state index contributed by atoms with van der Waals surface area (Å²) in [7, 11) is 0. The van der Waals surface area contributed by atoms with Crippen molar-refractivity contribution in [1.82, 2.24) is 5.32 Å². The fourth-order valence-corrected chi connectivity index (χ4v) is 2.28. The SMILES string of the molecule is CC(O)CCCNC(=O)C1CCC(C)CC1. The number of hydrogen-bond acceptors (Lipinski definition) is 2. The molecule has 0 saturated heterocycles. The molecule has 1 amide bonds. The summed E-state index contributed by atoms with van der Waals surface area (Å²) in [4.78, 5) is 11.8. The largest absolute Gasteiger partial charge is 0.393 e. The van der Waals surface area contributed by atoms with Gasteiger partial charge in [-0.25, -0.2) is 0 Å². The van der Waals surface area contributed by atoms with Gasteiger partial charge in [0.2, 0.25) is 5.91 Å². The molecule has 0 aromatic rings. The normalized spacial score (nSPS) is 27.4. The average molecular weight is 227 g/mol. The smallest absolute Gasteiger partial charge is 0.223 e. The molecule has 0 bridgehead atoms. The Kier molecular flexibility index (Phi) is 5.81. The minimum Gasteiger partial charge on any atom is -0.393 e.